The van der Waals surface area contributed by atoms with Crippen molar-refractivity contribution < 1.29 is 14.3 Å². The summed E-state index contributed by atoms with van der Waals surface area (Å²) >= 11 is 0. The van der Waals surface area contributed by atoms with Crippen LogP contribution in [0.25, 0.3) is 0 Å². The van der Waals surface area contributed by atoms with E-state index in [2.05, 4.69) is 20.8 Å². The topological polar surface area (TPSA) is 46.6 Å². The lowest BCUT2D eigenvalue weighted by atomic mass is 10.1. The lowest BCUT2D eigenvalue weighted by Crippen LogP contribution is -2.31. The molecule has 30 heavy (non-hydrogen) atoms. The third kappa shape index (κ3) is 18.7. The zero-order valence-corrected chi connectivity index (χ0v) is 20.3. The smallest absolute Gasteiger partial charge is 0.330 e. The fourth-order valence-electron chi connectivity index (χ4n) is 3.46. The van der Waals surface area contributed by atoms with Crippen molar-refractivity contribution in [1.82, 2.24) is 4.90 Å². The summed E-state index contributed by atoms with van der Waals surface area (Å²) in [6, 6.07) is 0. The Bertz CT molecular complexity index is 416. The van der Waals surface area contributed by atoms with Crippen LogP contribution in [-0.4, -0.2) is 36.5 Å². The van der Waals surface area contributed by atoms with Crippen LogP contribution in [0.4, 0.5) is 0 Å². The quantitative estimate of drug-likeness (QED) is 0.111. The Morgan fingerprint density at radius 1 is 0.600 bits per heavy atom. The molecule has 0 aliphatic carbocycles. The molecule has 0 radical (unpaired) electrons. The summed E-state index contributed by atoms with van der Waals surface area (Å²) in [6.07, 6.45) is 21.9. The maximum absolute atomic E-state index is 12.6. The van der Waals surface area contributed by atoms with Gasteiger partial charge in [0.25, 0.3) is 0 Å². The van der Waals surface area contributed by atoms with Gasteiger partial charge >= 0.3 is 5.97 Å². The molecule has 0 bridgehead atoms. The summed E-state index contributed by atoms with van der Waals surface area (Å²) in [7, 11) is 0. The van der Waals surface area contributed by atoms with E-state index in [1.54, 1.807) is 0 Å². The van der Waals surface area contributed by atoms with Crippen molar-refractivity contribution in [1.29, 1.82) is 0 Å². The van der Waals surface area contributed by atoms with E-state index in [0.29, 0.717) is 6.61 Å². The van der Waals surface area contributed by atoms with Crippen molar-refractivity contribution in [3.8, 4) is 0 Å². The summed E-state index contributed by atoms with van der Waals surface area (Å²) in [5, 5.41) is 0. The van der Waals surface area contributed by atoms with E-state index in [4.69, 9.17) is 4.74 Å². The first-order chi connectivity index (χ1) is 14.7. The SMILES string of the molecule is CCCCCCCCCN(CCCCCCCCC)C(=O)/C=C/C(=O)OCCCC. The Morgan fingerprint density at radius 3 is 1.50 bits per heavy atom. The Kier molecular flexibility index (Phi) is 21.4. The van der Waals surface area contributed by atoms with Gasteiger partial charge in [0.2, 0.25) is 5.91 Å². The maximum Gasteiger partial charge on any atom is 0.330 e. The second kappa shape index (κ2) is 22.4. The number of nitrogens with zero attached hydrogens (tertiary/aromatic N) is 1. The molecule has 0 atom stereocenters. The number of amides is 1. The van der Waals surface area contributed by atoms with E-state index in [1.165, 1.54) is 89.2 Å². The fraction of sp³-hybridized carbons (Fsp3) is 0.846. The van der Waals surface area contributed by atoms with Crippen molar-refractivity contribution in [3.63, 3.8) is 0 Å². The highest BCUT2D eigenvalue weighted by atomic mass is 16.5. The summed E-state index contributed by atoms with van der Waals surface area (Å²) in [5.41, 5.74) is 0. The molecule has 176 valence electrons. The molecule has 4 nitrogen and oxygen atoms in total. The fourth-order valence-corrected chi connectivity index (χ4v) is 3.46. The molecular weight excluding hydrogens is 374 g/mol. The molecule has 0 N–H and O–H groups in total. The average molecular weight is 424 g/mol. The first-order valence-corrected chi connectivity index (χ1v) is 12.8. The molecule has 4 heteroatoms. The Balaban J connectivity index is 4.32. The lowest BCUT2D eigenvalue weighted by molar-refractivity contribution is -0.138. The minimum Gasteiger partial charge on any atom is -0.463 e. The van der Waals surface area contributed by atoms with Gasteiger partial charge in [0, 0.05) is 25.2 Å². The molecule has 0 saturated carbocycles. The minimum atomic E-state index is -0.413. The molecular formula is C26H49NO3. The van der Waals surface area contributed by atoms with Crippen LogP contribution < -0.4 is 0 Å². The molecule has 0 spiro atoms. The van der Waals surface area contributed by atoms with Gasteiger partial charge in [-0.3, -0.25) is 4.79 Å². The molecule has 0 rings (SSSR count). The maximum atomic E-state index is 12.6. The van der Waals surface area contributed by atoms with E-state index in [9.17, 15) is 9.59 Å². The van der Waals surface area contributed by atoms with E-state index in [1.807, 2.05) is 4.90 Å². The predicted octanol–water partition coefficient (Wildman–Crippen LogP) is 7.22. The molecule has 1 amide bonds. The van der Waals surface area contributed by atoms with Crippen molar-refractivity contribution in [2.24, 2.45) is 0 Å². The van der Waals surface area contributed by atoms with Crippen LogP contribution in [0.5, 0.6) is 0 Å². The van der Waals surface area contributed by atoms with E-state index < -0.39 is 5.97 Å². The van der Waals surface area contributed by atoms with Gasteiger partial charge in [0.15, 0.2) is 0 Å². The van der Waals surface area contributed by atoms with Gasteiger partial charge in [-0.15, -0.1) is 0 Å². The largest absolute Gasteiger partial charge is 0.463 e. The first kappa shape index (κ1) is 28.7. The van der Waals surface area contributed by atoms with Gasteiger partial charge in [-0.1, -0.05) is 104 Å². The molecule has 0 aromatic rings. The van der Waals surface area contributed by atoms with Gasteiger partial charge in [0.1, 0.15) is 0 Å². The van der Waals surface area contributed by atoms with Gasteiger partial charge in [-0.05, 0) is 19.3 Å². The minimum absolute atomic E-state index is 0.0561. The van der Waals surface area contributed by atoms with Crippen LogP contribution in [0, 0.1) is 0 Å². The number of hydrogen-bond donors (Lipinski definition) is 0. The van der Waals surface area contributed by atoms with Gasteiger partial charge in [0.05, 0.1) is 6.61 Å². The van der Waals surface area contributed by atoms with Crippen LogP contribution in [0.3, 0.4) is 0 Å². The normalized spacial score (nSPS) is 11.2. The summed E-state index contributed by atoms with van der Waals surface area (Å²) in [5.74, 6) is -0.469. The molecule has 0 aromatic carbocycles. The molecule has 0 saturated heterocycles. The second-order valence-corrected chi connectivity index (χ2v) is 8.42. The van der Waals surface area contributed by atoms with E-state index >= 15 is 0 Å². The number of ether oxygens (including phenoxy) is 1. The molecule has 0 fully saturated rings. The predicted molar refractivity (Wildman–Crippen MR) is 128 cm³/mol. The van der Waals surface area contributed by atoms with Crippen molar-refractivity contribution >= 4 is 11.9 Å². The Labute approximate surface area is 186 Å². The monoisotopic (exact) mass is 423 g/mol. The van der Waals surface area contributed by atoms with E-state index in [-0.39, 0.29) is 5.91 Å². The standard InChI is InChI=1S/C26H49NO3/c1-4-7-10-12-14-16-18-22-27(23-19-17-15-13-11-8-5-2)25(28)20-21-26(29)30-24-9-6-3/h20-21H,4-19,22-24H2,1-3H3/b21-20+. The van der Waals surface area contributed by atoms with E-state index in [0.717, 1.165) is 38.8 Å². The highest BCUT2D eigenvalue weighted by Gasteiger charge is 2.11. The van der Waals surface area contributed by atoms with Crippen LogP contribution >= 0.6 is 0 Å². The number of hydrogen-bond acceptors (Lipinski definition) is 3. The number of carbonyl (C=O) groups excluding carboxylic acids is 2. The molecule has 0 aliphatic rings. The van der Waals surface area contributed by atoms with Crippen molar-refractivity contribution in [2.45, 2.75) is 124 Å². The van der Waals surface area contributed by atoms with Gasteiger partial charge in [-0.25, -0.2) is 4.79 Å². The highest BCUT2D eigenvalue weighted by molar-refractivity contribution is 5.94. The van der Waals surface area contributed by atoms with Crippen LogP contribution in [-0.2, 0) is 14.3 Å². The average Bonchev–Trinajstić information content (AvgIpc) is 2.75. The summed E-state index contributed by atoms with van der Waals surface area (Å²) < 4.78 is 5.11. The third-order valence-corrected chi connectivity index (χ3v) is 5.48. The van der Waals surface area contributed by atoms with Gasteiger partial charge in [-0.2, -0.15) is 0 Å². The van der Waals surface area contributed by atoms with Crippen molar-refractivity contribution in [3.05, 3.63) is 12.2 Å². The zero-order valence-electron chi connectivity index (χ0n) is 20.3. The molecule has 0 aliphatic heterocycles. The van der Waals surface area contributed by atoms with Gasteiger partial charge < -0.3 is 9.64 Å². The molecule has 0 aromatic heterocycles. The Morgan fingerprint density at radius 2 is 1.03 bits per heavy atom. The lowest BCUT2D eigenvalue weighted by Gasteiger charge is -2.21. The third-order valence-electron chi connectivity index (χ3n) is 5.48. The molecule has 0 unspecified atom stereocenters. The van der Waals surface area contributed by atoms with Crippen molar-refractivity contribution in [2.75, 3.05) is 19.7 Å². The molecule has 0 heterocycles. The summed E-state index contributed by atoms with van der Waals surface area (Å²) in [4.78, 5) is 26.3. The van der Waals surface area contributed by atoms with Crippen LogP contribution in [0.2, 0.25) is 0 Å². The number of carbonyl (C=O) groups is 2. The van der Waals surface area contributed by atoms with Crippen LogP contribution in [0.1, 0.15) is 124 Å². The number of rotatable bonds is 21. The zero-order chi connectivity index (χ0) is 22.3. The second-order valence-electron chi connectivity index (χ2n) is 8.42. The Hall–Kier alpha value is -1.32. The summed E-state index contributed by atoms with van der Waals surface area (Å²) in [6.45, 7) is 8.53. The highest BCUT2D eigenvalue weighted by Crippen LogP contribution is 2.10. The number of unbranched alkanes of at least 4 members (excludes halogenated alkanes) is 13. The first-order valence-electron chi connectivity index (χ1n) is 12.8. The van der Waals surface area contributed by atoms with Crippen LogP contribution in [0.15, 0.2) is 12.2 Å². The number of esters is 1.